The van der Waals surface area contributed by atoms with Crippen LogP contribution in [0, 0.1) is 0 Å². The predicted octanol–water partition coefficient (Wildman–Crippen LogP) is 0.455. The highest BCUT2D eigenvalue weighted by molar-refractivity contribution is 5.90. The molecule has 0 spiro atoms. The summed E-state index contributed by atoms with van der Waals surface area (Å²) in [6.45, 7) is 4.64. The summed E-state index contributed by atoms with van der Waals surface area (Å²) in [5.74, 6) is -3.83. The number of carboxylic acid groups (broad SMARTS) is 1. The lowest BCUT2D eigenvalue weighted by atomic mass is 10.2. The molecule has 0 aliphatic carbocycles. The fraction of sp³-hybridized carbons (Fsp3) is 0.333. The monoisotopic (exact) mass is 200 g/mol. The summed E-state index contributed by atoms with van der Waals surface area (Å²) in [5.41, 5.74) is 0. The Morgan fingerprint density at radius 3 is 2.50 bits per heavy atom. The van der Waals surface area contributed by atoms with Gasteiger partial charge >= 0.3 is 11.9 Å². The second-order valence-corrected chi connectivity index (χ2v) is 2.76. The van der Waals surface area contributed by atoms with E-state index in [1.165, 1.54) is 13.0 Å². The molecule has 0 saturated heterocycles. The number of aliphatic carboxylic acids is 1. The van der Waals surface area contributed by atoms with Gasteiger partial charge in [-0.2, -0.15) is 0 Å². The van der Waals surface area contributed by atoms with Gasteiger partial charge in [0.15, 0.2) is 0 Å². The molecule has 0 aromatic rings. The Balaban J connectivity index is 4.18. The van der Waals surface area contributed by atoms with Gasteiger partial charge < -0.3 is 14.9 Å². The Bertz CT molecular complexity index is 264. The van der Waals surface area contributed by atoms with E-state index in [0.29, 0.717) is 6.08 Å². The molecule has 2 N–H and O–H groups in total. The minimum Gasteiger partial charge on any atom is -0.478 e. The third-order valence-corrected chi connectivity index (χ3v) is 1.21. The van der Waals surface area contributed by atoms with Crippen LogP contribution in [0.1, 0.15) is 13.3 Å². The Hall–Kier alpha value is -1.62. The van der Waals surface area contributed by atoms with Crippen molar-refractivity contribution in [3.63, 3.8) is 0 Å². The minimum absolute atomic E-state index is 0.0691. The first kappa shape index (κ1) is 12.4. The summed E-state index contributed by atoms with van der Waals surface area (Å²) in [6.07, 6.45) is 2.81. The largest absolute Gasteiger partial charge is 0.478 e. The van der Waals surface area contributed by atoms with E-state index in [-0.39, 0.29) is 6.42 Å². The summed E-state index contributed by atoms with van der Waals surface area (Å²) in [7, 11) is 0. The molecule has 78 valence electrons. The Labute approximate surface area is 81.3 Å². The third-order valence-electron chi connectivity index (χ3n) is 1.21. The van der Waals surface area contributed by atoms with Gasteiger partial charge in [0, 0.05) is 25.5 Å². The Morgan fingerprint density at radius 1 is 1.50 bits per heavy atom. The second-order valence-electron chi connectivity index (χ2n) is 2.76. The lowest BCUT2D eigenvalue weighted by molar-refractivity contribution is -0.195. The predicted molar refractivity (Wildman–Crippen MR) is 48.3 cm³/mol. The van der Waals surface area contributed by atoms with Crippen molar-refractivity contribution in [2.45, 2.75) is 19.1 Å². The topological polar surface area (TPSA) is 83.8 Å². The number of ether oxygens (including phenoxy) is 1. The molecule has 0 radical (unpaired) electrons. The van der Waals surface area contributed by atoms with E-state index < -0.39 is 17.7 Å². The van der Waals surface area contributed by atoms with Crippen molar-refractivity contribution in [1.29, 1.82) is 0 Å². The quantitative estimate of drug-likeness (QED) is 0.291. The molecule has 5 nitrogen and oxygen atoms in total. The lowest BCUT2D eigenvalue weighted by Gasteiger charge is -2.20. The molecule has 0 rings (SSSR count). The molecule has 5 heteroatoms. The average Bonchev–Trinajstić information content (AvgIpc) is 1.99. The SMILES string of the molecule is C=CCC(C)(O)OC(=O)C=CC(=O)O. The normalized spacial score (nSPS) is 14.7. The standard InChI is InChI=1S/C9H12O5/c1-3-6-9(2,13)14-8(12)5-4-7(10)11/h3-5,13H,1,6H2,2H3,(H,10,11). The van der Waals surface area contributed by atoms with Crippen molar-refractivity contribution in [1.82, 2.24) is 0 Å². The summed E-state index contributed by atoms with van der Waals surface area (Å²) in [5, 5.41) is 17.5. The minimum atomic E-state index is -1.65. The smallest absolute Gasteiger partial charge is 0.333 e. The van der Waals surface area contributed by atoms with E-state index in [1.54, 1.807) is 0 Å². The number of carbonyl (C=O) groups is 2. The van der Waals surface area contributed by atoms with Crippen molar-refractivity contribution >= 4 is 11.9 Å². The van der Waals surface area contributed by atoms with Crippen LogP contribution in [0.5, 0.6) is 0 Å². The summed E-state index contributed by atoms with van der Waals surface area (Å²) < 4.78 is 4.52. The van der Waals surface area contributed by atoms with E-state index in [1.807, 2.05) is 0 Å². The molecule has 0 amide bonds. The van der Waals surface area contributed by atoms with Crippen LogP contribution in [0.3, 0.4) is 0 Å². The van der Waals surface area contributed by atoms with Crippen molar-refractivity contribution in [2.24, 2.45) is 0 Å². The summed E-state index contributed by atoms with van der Waals surface area (Å²) >= 11 is 0. The van der Waals surface area contributed by atoms with Gasteiger partial charge in [0.25, 0.3) is 0 Å². The molecular weight excluding hydrogens is 188 g/mol. The first-order chi connectivity index (χ1) is 6.37. The highest BCUT2D eigenvalue weighted by atomic mass is 16.7. The molecule has 0 saturated carbocycles. The van der Waals surface area contributed by atoms with Gasteiger partial charge in [-0.15, -0.1) is 6.58 Å². The molecule has 0 heterocycles. The van der Waals surface area contributed by atoms with Gasteiger partial charge in [0.05, 0.1) is 0 Å². The van der Waals surface area contributed by atoms with E-state index in [9.17, 15) is 14.7 Å². The van der Waals surface area contributed by atoms with Crippen LogP contribution < -0.4 is 0 Å². The van der Waals surface area contributed by atoms with Crippen molar-refractivity contribution < 1.29 is 24.5 Å². The number of hydrogen-bond donors (Lipinski definition) is 2. The lowest BCUT2D eigenvalue weighted by Crippen LogP contribution is -2.29. The molecule has 0 bridgehead atoms. The van der Waals surface area contributed by atoms with Gasteiger partial charge in [-0.3, -0.25) is 0 Å². The zero-order valence-corrected chi connectivity index (χ0v) is 7.77. The van der Waals surface area contributed by atoms with Crippen LogP contribution in [0.2, 0.25) is 0 Å². The van der Waals surface area contributed by atoms with Crippen molar-refractivity contribution in [3.05, 3.63) is 24.8 Å². The van der Waals surface area contributed by atoms with Crippen LogP contribution in [-0.4, -0.2) is 27.9 Å². The number of esters is 1. The molecule has 0 aromatic carbocycles. The van der Waals surface area contributed by atoms with Crippen LogP contribution in [0.25, 0.3) is 0 Å². The highest BCUT2D eigenvalue weighted by Gasteiger charge is 2.22. The van der Waals surface area contributed by atoms with Crippen molar-refractivity contribution in [3.8, 4) is 0 Å². The number of aliphatic hydroxyl groups is 1. The molecule has 14 heavy (non-hydrogen) atoms. The molecule has 1 unspecified atom stereocenters. The Morgan fingerprint density at radius 2 is 2.07 bits per heavy atom. The first-order valence-corrected chi connectivity index (χ1v) is 3.84. The van der Waals surface area contributed by atoms with Gasteiger partial charge in [-0.1, -0.05) is 6.08 Å². The summed E-state index contributed by atoms with van der Waals surface area (Å²) in [4.78, 5) is 20.9. The maximum absolute atomic E-state index is 10.9. The van der Waals surface area contributed by atoms with Gasteiger partial charge in [-0.25, -0.2) is 9.59 Å². The molecule has 0 aliphatic rings. The van der Waals surface area contributed by atoms with E-state index in [0.717, 1.165) is 6.08 Å². The van der Waals surface area contributed by atoms with Gasteiger partial charge in [0.1, 0.15) is 0 Å². The van der Waals surface area contributed by atoms with Gasteiger partial charge in [0.2, 0.25) is 5.79 Å². The van der Waals surface area contributed by atoms with E-state index >= 15 is 0 Å². The molecule has 0 fully saturated rings. The van der Waals surface area contributed by atoms with E-state index in [4.69, 9.17) is 5.11 Å². The molecule has 0 aliphatic heterocycles. The number of carboxylic acids is 1. The Kier molecular flexibility index (Phi) is 4.58. The highest BCUT2D eigenvalue weighted by Crippen LogP contribution is 2.11. The molecule has 0 aromatic heterocycles. The third kappa shape index (κ3) is 5.96. The summed E-state index contributed by atoms with van der Waals surface area (Å²) in [6, 6.07) is 0. The molecular formula is C9H12O5. The zero-order chi connectivity index (χ0) is 11.2. The number of carbonyl (C=O) groups excluding carboxylic acids is 1. The van der Waals surface area contributed by atoms with Crippen LogP contribution >= 0.6 is 0 Å². The first-order valence-electron chi connectivity index (χ1n) is 3.84. The zero-order valence-electron chi connectivity index (χ0n) is 7.77. The van der Waals surface area contributed by atoms with Gasteiger partial charge in [-0.05, 0) is 0 Å². The second kappa shape index (κ2) is 5.18. The fourth-order valence-corrected chi connectivity index (χ4v) is 0.700. The van der Waals surface area contributed by atoms with Crippen molar-refractivity contribution in [2.75, 3.05) is 0 Å². The number of rotatable bonds is 5. The maximum atomic E-state index is 10.9. The van der Waals surface area contributed by atoms with Crippen LogP contribution in [0.15, 0.2) is 24.8 Å². The van der Waals surface area contributed by atoms with Crippen LogP contribution in [-0.2, 0) is 14.3 Å². The molecule has 1 atom stereocenters. The van der Waals surface area contributed by atoms with E-state index in [2.05, 4.69) is 11.3 Å². The average molecular weight is 200 g/mol. The van der Waals surface area contributed by atoms with Crippen LogP contribution in [0.4, 0.5) is 0 Å². The fourth-order valence-electron chi connectivity index (χ4n) is 0.700. The maximum Gasteiger partial charge on any atom is 0.333 e. The number of hydrogen-bond acceptors (Lipinski definition) is 4.